The van der Waals surface area contributed by atoms with Gasteiger partial charge in [0.05, 0.1) is 5.92 Å². The number of aliphatic carboxylic acids is 1. The van der Waals surface area contributed by atoms with Gasteiger partial charge in [0.1, 0.15) is 0 Å². The van der Waals surface area contributed by atoms with Gasteiger partial charge in [-0.25, -0.2) is 0 Å². The second-order valence-electron chi connectivity index (χ2n) is 3.36. The minimum Gasteiger partial charge on any atom is -0.481 e. The van der Waals surface area contributed by atoms with Crippen molar-refractivity contribution in [2.45, 2.75) is 12.8 Å². The smallest absolute Gasteiger partial charge is 0.307 e. The lowest BCUT2D eigenvalue weighted by molar-refractivity contribution is -0.141. The predicted molar refractivity (Wildman–Crippen MR) is 57.7 cm³/mol. The Balaban J connectivity index is 2.30. The molecular weight excluding hydrogens is 279 g/mol. The number of benzene rings is 1. The van der Waals surface area contributed by atoms with Gasteiger partial charge in [-0.3, -0.25) is 4.79 Å². The van der Waals surface area contributed by atoms with Crippen molar-refractivity contribution in [1.82, 2.24) is 0 Å². The molecule has 1 atom stereocenters. The molecule has 1 aliphatic rings. The monoisotopic (exact) mass is 288 g/mol. The molecule has 0 bridgehead atoms. The van der Waals surface area contributed by atoms with Gasteiger partial charge in [0, 0.05) is 3.57 Å². The number of hydrogen-bond acceptors (Lipinski definition) is 1. The average molecular weight is 288 g/mol. The molecule has 1 aromatic carbocycles. The number of carboxylic acids is 1. The van der Waals surface area contributed by atoms with Crippen molar-refractivity contribution in [2.24, 2.45) is 5.92 Å². The molecular formula is C10H9IO2. The summed E-state index contributed by atoms with van der Waals surface area (Å²) in [6.07, 6.45) is 1.39. The van der Waals surface area contributed by atoms with E-state index in [-0.39, 0.29) is 5.92 Å². The van der Waals surface area contributed by atoms with Gasteiger partial charge in [-0.1, -0.05) is 6.07 Å². The van der Waals surface area contributed by atoms with Crippen molar-refractivity contribution < 1.29 is 9.90 Å². The van der Waals surface area contributed by atoms with Crippen LogP contribution in [-0.4, -0.2) is 11.1 Å². The molecule has 2 rings (SSSR count). The van der Waals surface area contributed by atoms with Crippen LogP contribution in [0.2, 0.25) is 0 Å². The summed E-state index contributed by atoms with van der Waals surface area (Å²) in [4.78, 5) is 10.8. The quantitative estimate of drug-likeness (QED) is 0.803. The zero-order valence-corrected chi connectivity index (χ0v) is 9.11. The van der Waals surface area contributed by atoms with E-state index in [1.807, 2.05) is 12.1 Å². The Bertz CT molecular complexity index is 360. The van der Waals surface area contributed by atoms with Crippen LogP contribution in [0.15, 0.2) is 18.2 Å². The van der Waals surface area contributed by atoms with E-state index in [4.69, 9.17) is 5.11 Å². The Morgan fingerprint density at radius 1 is 1.38 bits per heavy atom. The molecule has 0 aromatic heterocycles. The molecule has 3 heteroatoms. The number of hydrogen-bond donors (Lipinski definition) is 1. The van der Waals surface area contributed by atoms with Crippen molar-refractivity contribution in [1.29, 1.82) is 0 Å². The van der Waals surface area contributed by atoms with E-state index in [0.717, 1.165) is 0 Å². The molecule has 0 aliphatic heterocycles. The Labute approximate surface area is 90.1 Å². The third kappa shape index (κ3) is 1.70. The second-order valence-corrected chi connectivity index (χ2v) is 4.60. The van der Waals surface area contributed by atoms with E-state index in [0.29, 0.717) is 12.8 Å². The van der Waals surface area contributed by atoms with Crippen LogP contribution < -0.4 is 0 Å². The molecule has 0 amide bonds. The van der Waals surface area contributed by atoms with E-state index in [2.05, 4.69) is 28.7 Å². The third-order valence-electron chi connectivity index (χ3n) is 2.45. The highest BCUT2D eigenvalue weighted by Gasteiger charge is 2.26. The highest BCUT2D eigenvalue weighted by atomic mass is 127. The third-order valence-corrected chi connectivity index (χ3v) is 3.12. The summed E-state index contributed by atoms with van der Waals surface area (Å²) in [5.74, 6) is -0.876. The summed E-state index contributed by atoms with van der Waals surface area (Å²) < 4.78 is 1.18. The number of halogens is 1. The summed E-state index contributed by atoms with van der Waals surface area (Å²) in [7, 11) is 0. The SMILES string of the molecule is O=C(O)C1Cc2ccc(I)cc2C1. The summed E-state index contributed by atoms with van der Waals surface area (Å²) in [6, 6.07) is 6.16. The largest absolute Gasteiger partial charge is 0.481 e. The maximum absolute atomic E-state index is 10.8. The van der Waals surface area contributed by atoms with Gasteiger partial charge in [0.15, 0.2) is 0 Å². The Morgan fingerprint density at radius 2 is 2.08 bits per heavy atom. The van der Waals surface area contributed by atoms with Crippen LogP contribution in [0.25, 0.3) is 0 Å². The zero-order chi connectivity index (χ0) is 9.42. The lowest BCUT2D eigenvalue weighted by atomic mass is 10.1. The summed E-state index contributed by atoms with van der Waals surface area (Å²) in [5.41, 5.74) is 2.41. The topological polar surface area (TPSA) is 37.3 Å². The number of rotatable bonds is 1. The molecule has 1 N–H and O–H groups in total. The molecule has 1 aliphatic carbocycles. The van der Waals surface area contributed by atoms with Gasteiger partial charge in [-0.05, 0) is 58.7 Å². The first-order valence-electron chi connectivity index (χ1n) is 4.17. The summed E-state index contributed by atoms with van der Waals surface area (Å²) >= 11 is 2.25. The minimum absolute atomic E-state index is 0.201. The Morgan fingerprint density at radius 3 is 2.77 bits per heavy atom. The van der Waals surface area contributed by atoms with E-state index in [1.165, 1.54) is 14.7 Å². The first kappa shape index (κ1) is 8.99. The van der Waals surface area contributed by atoms with Crippen LogP contribution in [0.3, 0.4) is 0 Å². The van der Waals surface area contributed by atoms with Crippen molar-refractivity contribution >= 4 is 28.6 Å². The molecule has 0 saturated heterocycles. The fourth-order valence-corrected chi connectivity index (χ4v) is 2.32. The number of fused-ring (bicyclic) bond motifs is 1. The van der Waals surface area contributed by atoms with Gasteiger partial charge in [-0.2, -0.15) is 0 Å². The van der Waals surface area contributed by atoms with Crippen LogP contribution in [-0.2, 0) is 17.6 Å². The van der Waals surface area contributed by atoms with Crippen LogP contribution >= 0.6 is 22.6 Å². The predicted octanol–water partition coefficient (Wildman–Crippen LogP) is 2.09. The molecule has 2 nitrogen and oxygen atoms in total. The standard InChI is InChI=1S/C10H9IO2/c11-9-2-1-6-3-8(10(12)13)4-7(6)5-9/h1-2,5,8H,3-4H2,(H,12,13). The average Bonchev–Trinajstić information content (AvgIpc) is 2.46. The van der Waals surface area contributed by atoms with E-state index >= 15 is 0 Å². The molecule has 0 saturated carbocycles. The lowest BCUT2D eigenvalue weighted by Crippen LogP contribution is -2.12. The van der Waals surface area contributed by atoms with E-state index in [1.54, 1.807) is 0 Å². The molecule has 0 heterocycles. The minimum atomic E-state index is -0.675. The number of carboxylic acid groups (broad SMARTS) is 1. The van der Waals surface area contributed by atoms with Crippen LogP contribution in [0.1, 0.15) is 11.1 Å². The fourth-order valence-electron chi connectivity index (χ4n) is 1.76. The maximum Gasteiger partial charge on any atom is 0.307 e. The van der Waals surface area contributed by atoms with Gasteiger partial charge in [0.2, 0.25) is 0 Å². The molecule has 0 fully saturated rings. The number of carbonyl (C=O) groups is 1. The zero-order valence-electron chi connectivity index (χ0n) is 6.96. The fraction of sp³-hybridized carbons (Fsp3) is 0.300. The van der Waals surface area contributed by atoms with Crippen molar-refractivity contribution in [3.8, 4) is 0 Å². The highest BCUT2D eigenvalue weighted by molar-refractivity contribution is 14.1. The van der Waals surface area contributed by atoms with Crippen LogP contribution in [0.5, 0.6) is 0 Å². The molecule has 0 spiro atoms. The van der Waals surface area contributed by atoms with Gasteiger partial charge < -0.3 is 5.11 Å². The first-order valence-corrected chi connectivity index (χ1v) is 5.25. The van der Waals surface area contributed by atoms with Gasteiger partial charge >= 0.3 is 5.97 Å². The van der Waals surface area contributed by atoms with Crippen LogP contribution in [0, 0.1) is 9.49 Å². The summed E-state index contributed by atoms with van der Waals surface area (Å²) in [5, 5.41) is 8.85. The molecule has 0 radical (unpaired) electrons. The van der Waals surface area contributed by atoms with Crippen molar-refractivity contribution in [3.05, 3.63) is 32.9 Å². The molecule has 1 aromatic rings. The van der Waals surface area contributed by atoms with Crippen molar-refractivity contribution in [3.63, 3.8) is 0 Å². The van der Waals surface area contributed by atoms with Crippen LogP contribution in [0.4, 0.5) is 0 Å². The Kier molecular flexibility index (Phi) is 2.27. The second kappa shape index (κ2) is 3.29. The Hall–Kier alpha value is -0.580. The highest BCUT2D eigenvalue weighted by Crippen LogP contribution is 2.28. The molecule has 68 valence electrons. The molecule has 1 unspecified atom stereocenters. The maximum atomic E-state index is 10.8. The first-order chi connectivity index (χ1) is 6.16. The van der Waals surface area contributed by atoms with Gasteiger partial charge in [-0.15, -0.1) is 0 Å². The normalized spacial score (nSPS) is 19.9. The van der Waals surface area contributed by atoms with E-state index < -0.39 is 5.97 Å². The summed E-state index contributed by atoms with van der Waals surface area (Å²) in [6.45, 7) is 0. The van der Waals surface area contributed by atoms with Gasteiger partial charge in [0.25, 0.3) is 0 Å². The van der Waals surface area contributed by atoms with E-state index in [9.17, 15) is 4.79 Å². The molecule has 13 heavy (non-hydrogen) atoms. The lowest BCUT2D eigenvalue weighted by Gasteiger charge is -1.98. The van der Waals surface area contributed by atoms with Crippen molar-refractivity contribution in [2.75, 3.05) is 0 Å².